The molecule has 0 saturated carbocycles. The van der Waals surface area contributed by atoms with Gasteiger partial charge >= 0.3 is 0 Å². The molecule has 7 heteroatoms. The zero-order valence-electron chi connectivity index (χ0n) is 13.9. The summed E-state index contributed by atoms with van der Waals surface area (Å²) in [5, 5.41) is 11.0. The van der Waals surface area contributed by atoms with Gasteiger partial charge in [-0.15, -0.1) is 5.10 Å². The zero-order valence-corrected chi connectivity index (χ0v) is 13.9. The van der Waals surface area contributed by atoms with Crippen molar-refractivity contribution in [2.75, 3.05) is 0 Å². The Hall–Kier alpha value is -3.61. The highest BCUT2D eigenvalue weighted by molar-refractivity contribution is 5.79. The van der Waals surface area contributed by atoms with E-state index in [1.54, 1.807) is 23.3 Å². The minimum atomic E-state index is -0.125. The van der Waals surface area contributed by atoms with Crippen molar-refractivity contribution in [3.8, 4) is 11.3 Å². The molecule has 1 aromatic carbocycles. The van der Waals surface area contributed by atoms with Crippen molar-refractivity contribution in [2.24, 2.45) is 0 Å². The van der Waals surface area contributed by atoms with Crippen LogP contribution in [0.4, 0.5) is 0 Å². The number of fused-ring (bicyclic) bond motifs is 1. The van der Waals surface area contributed by atoms with Crippen LogP contribution in [0.5, 0.6) is 0 Å². The largest absolute Gasteiger partial charge is 0.350 e. The Morgan fingerprint density at radius 2 is 2.00 bits per heavy atom. The summed E-state index contributed by atoms with van der Waals surface area (Å²) in [5.41, 5.74) is 4.35. The second-order valence-corrected chi connectivity index (χ2v) is 5.80. The molecule has 0 bridgehead atoms. The van der Waals surface area contributed by atoms with Crippen LogP contribution in [0.25, 0.3) is 22.3 Å². The molecule has 0 radical (unpaired) electrons. The number of carbonyl (C=O) groups is 1. The number of amides is 1. The minimum absolute atomic E-state index is 0.125. The molecule has 0 unspecified atom stereocenters. The van der Waals surface area contributed by atoms with Crippen molar-refractivity contribution in [3.05, 3.63) is 72.7 Å². The molecule has 3 heterocycles. The molecule has 0 fully saturated rings. The smallest absolute Gasteiger partial charge is 0.242 e. The molecule has 3 aromatic heterocycles. The zero-order chi connectivity index (χ0) is 17.8. The van der Waals surface area contributed by atoms with Gasteiger partial charge in [-0.1, -0.05) is 17.3 Å². The van der Waals surface area contributed by atoms with Crippen LogP contribution in [0.2, 0.25) is 0 Å². The number of hydrogen-bond donors (Lipinski definition) is 1. The fourth-order valence-corrected chi connectivity index (χ4v) is 2.68. The van der Waals surface area contributed by atoms with Gasteiger partial charge in [0.05, 0.1) is 11.2 Å². The van der Waals surface area contributed by atoms with Crippen LogP contribution in [-0.4, -0.2) is 30.9 Å². The summed E-state index contributed by atoms with van der Waals surface area (Å²) in [6.45, 7) is 0.544. The van der Waals surface area contributed by atoms with E-state index in [0.29, 0.717) is 6.54 Å². The molecule has 0 aliphatic rings. The van der Waals surface area contributed by atoms with Crippen LogP contribution < -0.4 is 5.32 Å². The van der Waals surface area contributed by atoms with Gasteiger partial charge in [-0.25, -0.2) is 4.68 Å². The van der Waals surface area contributed by atoms with E-state index in [4.69, 9.17) is 0 Å². The summed E-state index contributed by atoms with van der Waals surface area (Å²) in [4.78, 5) is 20.7. The number of hydrogen-bond acceptors (Lipinski definition) is 5. The Labute approximate surface area is 149 Å². The fraction of sp³-hybridized carbons (Fsp3) is 0.105. The van der Waals surface area contributed by atoms with Gasteiger partial charge in [0.1, 0.15) is 12.1 Å². The number of benzene rings is 1. The lowest BCUT2D eigenvalue weighted by atomic mass is 10.1. The van der Waals surface area contributed by atoms with Gasteiger partial charge < -0.3 is 5.32 Å². The van der Waals surface area contributed by atoms with Crippen molar-refractivity contribution in [1.29, 1.82) is 0 Å². The van der Waals surface area contributed by atoms with Gasteiger partial charge in [-0.05, 0) is 42.0 Å². The maximum absolute atomic E-state index is 12.3. The average Bonchev–Trinajstić information content (AvgIpc) is 3.10. The Morgan fingerprint density at radius 1 is 1.08 bits per heavy atom. The molecule has 4 rings (SSSR count). The van der Waals surface area contributed by atoms with E-state index in [0.717, 1.165) is 27.9 Å². The third-order valence-corrected chi connectivity index (χ3v) is 3.98. The highest BCUT2D eigenvalue weighted by Gasteiger charge is 2.08. The number of rotatable bonds is 5. The molecular formula is C19H16N6O. The number of pyridine rings is 2. The first-order valence-electron chi connectivity index (χ1n) is 8.20. The maximum atomic E-state index is 12.3. The summed E-state index contributed by atoms with van der Waals surface area (Å²) in [6.07, 6.45) is 5.22. The van der Waals surface area contributed by atoms with E-state index in [1.807, 2.05) is 48.5 Å². The lowest BCUT2D eigenvalue weighted by Crippen LogP contribution is -2.27. The number of nitrogens with zero attached hydrogens (tertiary/aromatic N) is 5. The molecule has 1 amide bonds. The Balaban J connectivity index is 1.42. The molecule has 1 N–H and O–H groups in total. The topological polar surface area (TPSA) is 85.6 Å². The summed E-state index contributed by atoms with van der Waals surface area (Å²) in [7, 11) is 0. The highest BCUT2D eigenvalue weighted by atomic mass is 16.2. The summed E-state index contributed by atoms with van der Waals surface area (Å²) in [5.74, 6) is -0.125. The number of aromatic nitrogens is 5. The van der Waals surface area contributed by atoms with Crippen LogP contribution in [0.1, 0.15) is 5.56 Å². The lowest BCUT2D eigenvalue weighted by molar-refractivity contribution is -0.121. The van der Waals surface area contributed by atoms with Crippen LogP contribution in [-0.2, 0) is 17.9 Å². The molecule has 0 atom stereocenters. The number of carbonyl (C=O) groups excluding carboxylic acids is 1. The molecule has 7 nitrogen and oxygen atoms in total. The second kappa shape index (κ2) is 7.10. The third kappa shape index (κ3) is 3.41. The van der Waals surface area contributed by atoms with Gasteiger partial charge in [0.15, 0.2) is 0 Å². The van der Waals surface area contributed by atoms with Crippen LogP contribution in [0.15, 0.2) is 67.1 Å². The predicted octanol–water partition coefficient (Wildman–Crippen LogP) is 2.20. The van der Waals surface area contributed by atoms with Gasteiger partial charge in [-0.3, -0.25) is 14.8 Å². The number of para-hydroxylation sites is 1. The SMILES string of the molecule is O=C(Cn1nnc2ccccc21)NCc1ccnc(-c2cccnc2)c1. The summed E-state index contributed by atoms with van der Waals surface area (Å²) >= 11 is 0. The molecule has 26 heavy (non-hydrogen) atoms. The minimum Gasteiger partial charge on any atom is -0.350 e. The van der Waals surface area contributed by atoms with Crippen molar-refractivity contribution in [1.82, 2.24) is 30.3 Å². The van der Waals surface area contributed by atoms with Crippen molar-refractivity contribution >= 4 is 16.9 Å². The summed E-state index contributed by atoms with van der Waals surface area (Å²) < 4.78 is 1.60. The second-order valence-electron chi connectivity index (χ2n) is 5.80. The van der Waals surface area contributed by atoms with Gasteiger partial charge in [0, 0.05) is 30.7 Å². The highest BCUT2D eigenvalue weighted by Crippen LogP contribution is 2.16. The first-order valence-corrected chi connectivity index (χ1v) is 8.20. The van der Waals surface area contributed by atoms with Crippen LogP contribution in [0, 0.1) is 0 Å². The maximum Gasteiger partial charge on any atom is 0.242 e. The summed E-state index contributed by atoms with van der Waals surface area (Å²) in [6, 6.07) is 15.2. The van der Waals surface area contributed by atoms with E-state index in [2.05, 4.69) is 25.6 Å². The molecule has 128 valence electrons. The Morgan fingerprint density at radius 3 is 2.88 bits per heavy atom. The standard InChI is InChI=1S/C19H16N6O/c26-19(13-25-18-6-2-1-5-16(18)23-24-25)22-11-14-7-9-21-17(10-14)15-4-3-8-20-12-15/h1-10,12H,11,13H2,(H,22,26). The molecule has 0 spiro atoms. The predicted molar refractivity (Wildman–Crippen MR) is 96.8 cm³/mol. The van der Waals surface area contributed by atoms with Gasteiger partial charge in [-0.2, -0.15) is 0 Å². The monoisotopic (exact) mass is 344 g/mol. The fourth-order valence-electron chi connectivity index (χ4n) is 2.68. The van der Waals surface area contributed by atoms with Gasteiger partial charge in [0.2, 0.25) is 5.91 Å². The lowest BCUT2D eigenvalue weighted by Gasteiger charge is -2.07. The Bertz CT molecular complexity index is 1040. The quantitative estimate of drug-likeness (QED) is 0.600. The first-order chi connectivity index (χ1) is 12.8. The Kier molecular flexibility index (Phi) is 4.34. The molecule has 0 aliphatic heterocycles. The van der Waals surface area contributed by atoms with Crippen molar-refractivity contribution < 1.29 is 4.79 Å². The molecule has 0 aliphatic carbocycles. The van der Waals surface area contributed by atoms with E-state index in [1.165, 1.54) is 0 Å². The van der Waals surface area contributed by atoms with E-state index in [-0.39, 0.29) is 12.5 Å². The molecule has 4 aromatic rings. The number of nitrogens with one attached hydrogen (secondary N) is 1. The van der Waals surface area contributed by atoms with Crippen LogP contribution >= 0.6 is 0 Å². The van der Waals surface area contributed by atoms with E-state index in [9.17, 15) is 4.79 Å². The van der Waals surface area contributed by atoms with Crippen molar-refractivity contribution in [2.45, 2.75) is 13.1 Å². The third-order valence-electron chi connectivity index (χ3n) is 3.98. The average molecular weight is 344 g/mol. The molecular weight excluding hydrogens is 328 g/mol. The normalized spacial score (nSPS) is 10.8. The van der Waals surface area contributed by atoms with E-state index < -0.39 is 0 Å². The van der Waals surface area contributed by atoms with E-state index >= 15 is 0 Å². The van der Waals surface area contributed by atoms with Crippen LogP contribution in [0.3, 0.4) is 0 Å². The van der Waals surface area contributed by atoms with Gasteiger partial charge in [0.25, 0.3) is 0 Å². The molecule has 0 saturated heterocycles. The first kappa shape index (κ1) is 15.9. The van der Waals surface area contributed by atoms with Crippen molar-refractivity contribution in [3.63, 3.8) is 0 Å².